The van der Waals surface area contributed by atoms with E-state index < -0.39 is 0 Å². The van der Waals surface area contributed by atoms with Gasteiger partial charge in [-0.15, -0.1) is 0 Å². The summed E-state index contributed by atoms with van der Waals surface area (Å²) in [7, 11) is 0. The first-order valence-electron chi connectivity index (χ1n) is 8.45. The number of hydrogen-bond donors (Lipinski definition) is 2. The summed E-state index contributed by atoms with van der Waals surface area (Å²) < 4.78 is 0. The molecular formula is C19H20N4O. The van der Waals surface area contributed by atoms with Gasteiger partial charge in [0, 0.05) is 18.1 Å². The van der Waals surface area contributed by atoms with E-state index in [2.05, 4.69) is 38.7 Å². The number of hydrogen-bond acceptors (Lipinski definition) is 3. The maximum absolute atomic E-state index is 12.5. The highest BCUT2D eigenvalue weighted by atomic mass is 16.1. The number of pyridine rings is 1. The summed E-state index contributed by atoms with van der Waals surface area (Å²) in [6.45, 7) is 0.620. The van der Waals surface area contributed by atoms with Gasteiger partial charge < -0.3 is 5.32 Å². The van der Waals surface area contributed by atoms with E-state index in [1.807, 2.05) is 24.5 Å². The molecule has 1 aromatic carbocycles. The molecule has 0 fully saturated rings. The zero-order chi connectivity index (χ0) is 16.4. The van der Waals surface area contributed by atoms with E-state index in [0.29, 0.717) is 6.54 Å². The molecule has 4 rings (SSSR count). The van der Waals surface area contributed by atoms with E-state index in [4.69, 9.17) is 0 Å². The lowest BCUT2D eigenvalue weighted by Crippen LogP contribution is -2.32. The number of rotatable bonds is 4. The van der Waals surface area contributed by atoms with Gasteiger partial charge in [0.1, 0.15) is 0 Å². The molecule has 1 atom stereocenters. The quantitative estimate of drug-likeness (QED) is 0.776. The van der Waals surface area contributed by atoms with Crippen molar-refractivity contribution in [3.05, 3.63) is 59.5 Å². The van der Waals surface area contributed by atoms with Gasteiger partial charge in [-0.2, -0.15) is 5.10 Å². The van der Waals surface area contributed by atoms with Crippen LogP contribution in [0.3, 0.4) is 0 Å². The van der Waals surface area contributed by atoms with Crippen molar-refractivity contribution in [2.24, 2.45) is 0 Å². The number of aromatic amines is 1. The van der Waals surface area contributed by atoms with Gasteiger partial charge in [-0.3, -0.25) is 14.9 Å². The molecule has 2 heterocycles. The van der Waals surface area contributed by atoms with Crippen LogP contribution in [0.15, 0.2) is 42.7 Å². The fraction of sp³-hybridized carbons (Fsp3) is 0.316. The van der Waals surface area contributed by atoms with Crippen molar-refractivity contribution in [1.29, 1.82) is 0 Å². The third kappa shape index (κ3) is 2.77. The van der Waals surface area contributed by atoms with Crippen molar-refractivity contribution in [3.8, 4) is 0 Å². The Hall–Kier alpha value is -2.69. The molecule has 0 saturated carbocycles. The van der Waals surface area contributed by atoms with Gasteiger partial charge in [-0.25, -0.2) is 0 Å². The first-order valence-corrected chi connectivity index (χ1v) is 8.45. The summed E-state index contributed by atoms with van der Waals surface area (Å²) in [5.74, 6) is -0.00436. The van der Waals surface area contributed by atoms with Crippen LogP contribution in [-0.4, -0.2) is 27.6 Å². The molecule has 0 unspecified atom stereocenters. The van der Waals surface area contributed by atoms with Crippen molar-refractivity contribution in [1.82, 2.24) is 20.5 Å². The maximum atomic E-state index is 12.5. The monoisotopic (exact) mass is 320 g/mol. The maximum Gasteiger partial charge on any atom is 0.229 e. The van der Waals surface area contributed by atoms with E-state index >= 15 is 0 Å². The van der Waals surface area contributed by atoms with Crippen LogP contribution in [0.2, 0.25) is 0 Å². The Labute approximate surface area is 140 Å². The minimum atomic E-state index is -0.0955. The summed E-state index contributed by atoms with van der Waals surface area (Å²) in [6.07, 6.45) is 7.37. The Kier molecular flexibility index (Phi) is 3.99. The van der Waals surface area contributed by atoms with Crippen molar-refractivity contribution < 1.29 is 4.79 Å². The molecule has 1 aliphatic rings. The second kappa shape index (κ2) is 6.43. The van der Waals surface area contributed by atoms with Crippen molar-refractivity contribution >= 4 is 16.8 Å². The standard InChI is InChI=1S/C19H20N4O/c24-19(16-8-2-6-15-12-22-23-18(15)16)21-11-9-14-5-1-4-13-7-3-10-20-17(13)14/h1,3-5,7,10,12,16H,2,6,8-9,11H2,(H,21,24)(H,22,23)/t16-/m1/s1. The lowest BCUT2D eigenvalue weighted by Gasteiger charge is -2.21. The van der Waals surface area contributed by atoms with E-state index in [-0.39, 0.29) is 11.8 Å². The minimum absolute atomic E-state index is 0.0911. The number of nitrogens with one attached hydrogen (secondary N) is 2. The molecule has 1 amide bonds. The topological polar surface area (TPSA) is 70.7 Å². The van der Waals surface area contributed by atoms with E-state index in [1.54, 1.807) is 0 Å². The second-order valence-corrected chi connectivity index (χ2v) is 6.29. The van der Waals surface area contributed by atoms with E-state index in [9.17, 15) is 4.79 Å². The van der Waals surface area contributed by atoms with E-state index in [1.165, 1.54) is 11.1 Å². The minimum Gasteiger partial charge on any atom is -0.355 e. The van der Waals surface area contributed by atoms with Crippen LogP contribution in [0.1, 0.15) is 35.6 Å². The third-order valence-electron chi connectivity index (χ3n) is 4.77. The molecule has 0 bridgehead atoms. The van der Waals surface area contributed by atoms with Gasteiger partial charge in [0.25, 0.3) is 0 Å². The predicted octanol–water partition coefficient (Wildman–Crippen LogP) is 2.74. The number of carbonyl (C=O) groups is 1. The number of H-pyrrole nitrogens is 1. The molecule has 3 aromatic rings. The number of fused-ring (bicyclic) bond motifs is 2. The fourth-order valence-corrected chi connectivity index (χ4v) is 3.54. The lowest BCUT2D eigenvalue weighted by molar-refractivity contribution is -0.122. The molecule has 2 aromatic heterocycles. The zero-order valence-electron chi connectivity index (χ0n) is 13.5. The second-order valence-electron chi connectivity index (χ2n) is 6.29. The molecule has 0 saturated heterocycles. The van der Waals surface area contributed by atoms with Crippen molar-refractivity contribution in [2.75, 3.05) is 6.54 Å². The van der Waals surface area contributed by atoms with Gasteiger partial charge in [-0.1, -0.05) is 24.3 Å². The van der Waals surface area contributed by atoms with Gasteiger partial charge in [0.05, 0.1) is 23.3 Å². The Morgan fingerprint density at radius 2 is 2.21 bits per heavy atom. The number of nitrogens with zero attached hydrogens (tertiary/aromatic N) is 2. The number of carbonyl (C=O) groups excluding carboxylic acids is 1. The smallest absolute Gasteiger partial charge is 0.229 e. The normalized spacial score (nSPS) is 16.8. The van der Waals surface area contributed by atoms with Gasteiger partial charge >= 0.3 is 0 Å². The highest BCUT2D eigenvalue weighted by Crippen LogP contribution is 2.29. The van der Waals surface area contributed by atoms with Crippen LogP contribution < -0.4 is 5.32 Å². The lowest BCUT2D eigenvalue weighted by atomic mass is 9.87. The molecule has 1 aliphatic carbocycles. The molecule has 0 spiro atoms. The summed E-state index contributed by atoms with van der Waals surface area (Å²) >= 11 is 0. The Morgan fingerprint density at radius 3 is 3.17 bits per heavy atom. The van der Waals surface area contributed by atoms with Crippen LogP contribution in [0, 0.1) is 0 Å². The average molecular weight is 320 g/mol. The number of para-hydroxylation sites is 1. The molecule has 5 nitrogen and oxygen atoms in total. The first kappa shape index (κ1) is 14.9. The number of amides is 1. The number of aromatic nitrogens is 3. The SMILES string of the molecule is O=C(NCCc1cccc2cccnc12)[C@@H]1CCCc2cn[nH]c21. The first-order chi connectivity index (χ1) is 11.8. The van der Waals surface area contributed by atoms with Crippen LogP contribution in [0.4, 0.5) is 0 Å². The van der Waals surface area contributed by atoms with Crippen LogP contribution in [0.25, 0.3) is 10.9 Å². The van der Waals surface area contributed by atoms with Crippen LogP contribution >= 0.6 is 0 Å². The molecule has 122 valence electrons. The molecule has 24 heavy (non-hydrogen) atoms. The van der Waals surface area contributed by atoms with E-state index in [0.717, 1.165) is 42.3 Å². The van der Waals surface area contributed by atoms with Crippen molar-refractivity contribution in [3.63, 3.8) is 0 Å². The van der Waals surface area contributed by atoms with Crippen molar-refractivity contribution in [2.45, 2.75) is 31.6 Å². The highest BCUT2D eigenvalue weighted by molar-refractivity contribution is 5.84. The highest BCUT2D eigenvalue weighted by Gasteiger charge is 2.27. The Bertz CT molecular complexity index is 865. The Balaban J connectivity index is 1.42. The van der Waals surface area contributed by atoms with Gasteiger partial charge in [0.2, 0.25) is 5.91 Å². The average Bonchev–Trinajstić information content (AvgIpc) is 3.10. The molecule has 0 radical (unpaired) electrons. The Morgan fingerprint density at radius 1 is 1.29 bits per heavy atom. The summed E-state index contributed by atoms with van der Waals surface area (Å²) in [5, 5.41) is 11.3. The molecular weight excluding hydrogens is 300 g/mol. The third-order valence-corrected chi connectivity index (χ3v) is 4.77. The molecule has 0 aliphatic heterocycles. The molecule has 2 N–H and O–H groups in total. The summed E-state index contributed by atoms with van der Waals surface area (Å²) in [6, 6.07) is 10.2. The fourth-order valence-electron chi connectivity index (χ4n) is 3.54. The number of aryl methyl sites for hydroxylation is 1. The molecule has 5 heteroatoms. The van der Waals surface area contributed by atoms with Crippen LogP contribution in [-0.2, 0) is 17.6 Å². The summed E-state index contributed by atoms with van der Waals surface area (Å²) in [5.41, 5.74) is 4.35. The van der Waals surface area contributed by atoms with Gasteiger partial charge in [0.15, 0.2) is 0 Å². The van der Waals surface area contributed by atoms with Gasteiger partial charge in [-0.05, 0) is 42.9 Å². The summed E-state index contributed by atoms with van der Waals surface area (Å²) in [4.78, 5) is 17.0. The zero-order valence-corrected chi connectivity index (χ0v) is 13.5. The largest absolute Gasteiger partial charge is 0.355 e. The predicted molar refractivity (Wildman–Crippen MR) is 92.7 cm³/mol. The number of benzene rings is 1. The van der Waals surface area contributed by atoms with Crippen LogP contribution in [0.5, 0.6) is 0 Å².